The molecule has 200 valence electrons. The average molecular weight is 513 g/mol. The molecule has 2 N–H and O–H groups in total. The topological polar surface area (TPSA) is 101 Å². The molecule has 1 aromatic heterocycles. The van der Waals surface area contributed by atoms with E-state index in [2.05, 4.69) is 15.6 Å². The van der Waals surface area contributed by atoms with E-state index < -0.39 is 17.4 Å². The van der Waals surface area contributed by atoms with Crippen LogP contribution in [0.1, 0.15) is 78.6 Å². The second-order valence-electron chi connectivity index (χ2n) is 10.5. The van der Waals surface area contributed by atoms with Crippen molar-refractivity contribution >= 4 is 17.9 Å². The molecule has 1 fully saturated rings. The van der Waals surface area contributed by atoms with Gasteiger partial charge in [0, 0.05) is 37.8 Å². The van der Waals surface area contributed by atoms with Gasteiger partial charge in [-0.2, -0.15) is 0 Å². The number of aromatic nitrogens is 1. The van der Waals surface area contributed by atoms with Crippen LogP contribution in [0.5, 0.6) is 0 Å². The summed E-state index contributed by atoms with van der Waals surface area (Å²) in [7, 11) is 1.51. The number of halogens is 1. The Morgan fingerprint density at radius 2 is 1.86 bits per heavy atom. The molecule has 2 aromatic rings. The molecule has 0 bridgehead atoms. The Bertz CT molecular complexity index is 1100. The molecule has 1 unspecified atom stereocenters. The maximum absolute atomic E-state index is 15.5. The Hall–Kier alpha value is -3.49. The quantitative estimate of drug-likeness (QED) is 0.514. The van der Waals surface area contributed by atoms with Gasteiger partial charge >= 0.3 is 6.09 Å². The van der Waals surface area contributed by atoms with Gasteiger partial charge in [0.05, 0.1) is 6.54 Å². The summed E-state index contributed by atoms with van der Waals surface area (Å²) in [6.07, 6.45) is 1.53. The fourth-order valence-corrected chi connectivity index (χ4v) is 4.34. The number of carbonyl (C=O) groups is 3. The minimum absolute atomic E-state index is 0.0153. The van der Waals surface area contributed by atoms with Crippen LogP contribution in [0.2, 0.25) is 0 Å². The summed E-state index contributed by atoms with van der Waals surface area (Å²) < 4.78 is 20.9. The fourth-order valence-electron chi connectivity index (χ4n) is 4.34. The highest BCUT2D eigenvalue weighted by atomic mass is 19.1. The molecule has 0 spiro atoms. The smallest absolute Gasteiger partial charge is 0.410 e. The average Bonchev–Trinajstić information content (AvgIpc) is 2.85. The van der Waals surface area contributed by atoms with Crippen LogP contribution in [0.4, 0.5) is 9.18 Å². The first-order valence-electron chi connectivity index (χ1n) is 12.7. The molecular weight excluding hydrogens is 475 g/mol. The van der Waals surface area contributed by atoms with Crippen molar-refractivity contribution in [2.24, 2.45) is 0 Å². The van der Waals surface area contributed by atoms with Crippen LogP contribution in [0.15, 0.2) is 42.5 Å². The molecule has 1 saturated heterocycles. The van der Waals surface area contributed by atoms with Crippen molar-refractivity contribution in [2.75, 3.05) is 26.7 Å². The molecule has 3 rings (SSSR count). The number of nitrogens with zero attached hydrogens (tertiary/aromatic N) is 2. The van der Waals surface area contributed by atoms with Crippen LogP contribution >= 0.6 is 0 Å². The first-order valence-corrected chi connectivity index (χ1v) is 12.7. The first kappa shape index (κ1) is 28.1. The molecule has 1 atom stereocenters. The Morgan fingerprint density at radius 3 is 2.54 bits per heavy atom. The van der Waals surface area contributed by atoms with Gasteiger partial charge in [0.1, 0.15) is 17.0 Å². The summed E-state index contributed by atoms with van der Waals surface area (Å²) in [6, 6.07) is 12.8. The van der Waals surface area contributed by atoms with E-state index in [1.807, 2.05) is 30.3 Å². The summed E-state index contributed by atoms with van der Waals surface area (Å²) in [5.41, 5.74) is -0.0625. The van der Waals surface area contributed by atoms with Crippen LogP contribution < -0.4 is 10.6 Å². The Labute approximate surface area is 218 Å². The Kier molecular flexibility index (Phi) is 9.23. The SMILES string of the molecule is CNC(=O)c1cc(C(=O)NCCCC2(F)CCCN(C(=O)OC(C)(C)C)C2)cc(Cc2ccccc2)n1. The highest BCUT2D eigenvalue weighted by Crippen LogP contribution is 2.30. The van der Waals surface area contributed by atoms with Crippen LogP contribution in [-0.2, 0) is 11.2 Å². The maximum Gasteiger partial charge on any atom is 0.410 e. The molecule has 1 aliphatic rings. The highest BCUT2D eigenvalue weighted by Gasteiger charge is 2.38. The van der Waals surface area contributed by atoms with Gasteiger partial charge in [-0.15, -0.1) is 0 Å². The van der Waals surface area contributed by atoms with E-state index in [-0.39, 0.29) is 37.0 Å². The van der Waals surface area contributed by atoms with E-state index >= 15 is 4.39 Å². The van der Waals surface area contributed by atoms with Crippen molar-refractivity contribution in [3.63, 3.8) is 0 Å². The molecule has 9 heteroatoms. The van der Waals surface area contributed by atoms with Gasteiger partial charge in [-0.3, -0.25) is 9.59 Å². The normalized spacial score (nSPS) is 17.7. The summed E-state index contributed by atoms with van der Waals surface area (Å²) >= 11 is 0. The number of nitrogens with one attached hydrogen (secondary N) is 2. The number of alkyl halides is 1. The van der Waals surface area contributed by atoms with Gasteiger partial charge < -0.3 is 20.3 Å². The predicted molar refractivity (Wildman–Crippen MR) is 139 cm³/mol. The van der Waals surface area contributed by atoms with Crippen molar-refractivity contribution in [3.8, 4) is 0 Å². The zero-order valence-electron chi connectivity index (χ0n) is 22.1. The van der Waals surface area contributed by atoms with E-state index in [1.54, 1.807) is 26.8 Å². The van der Waals surface area contributed by atoms with Crippen LogP contribution in [-0.4, -0.2) is 65.7 Å². The Morgan fingerprint density at radius 1 is 1.14 bits per heavy atom. The lowest BCUT2D eigenvalue weighted by Gasteiger charge is -2.38. The zero-order chi connectivity index (χ0) is 27.1. The number of ether oxygens (including phenoxy) is 1. The number of piperidine rings is 1. The van der Waals surface area contributed by atoms with E-state index in [9.17, 15) is 14.4 Å². The summed E-state index contributed by atoms with van der Waals surface area (Å²) in [5.74, 6) is -0.732. The second-order valence-corrected chi connectivity index (χ2v) is 10.5. The third kappa shape index (κ3) is 8.55. The molecule has 0 radical (unpaired) electrons. The maximum atomic E-state index is 15.5. The summed E-state index contributed by atoms with van der Waals surface area (Å²) in [6.45, 7) is 6.07. The molecule has 0 aliphatic carbocycles. The van der Waals surface area contributed by atoms with Crippen molar-refractivity contribution < 1.29 is 23.5 Å². The second kappa shape index (κ2) is 12.2. The number of carbonyl (C=O) groups excluding carboxylic acids is 3. The minimum atomic E-state index is -1.52. The number of benzene rings is 1. The van der Waals surface area contributed by atoms with Crippen LogP contribution in [0.25, 0.3) is 0 Å². The lowest BCUT2D eigenvalue weighted by atomic mass is 9.90. The van der Waals surface area contributed by atoms with Gasteiger partial charge in [-0.05, 0) is 64.2 Å². The molecular formula is C28H37FN4O4. The zero-order valence-corrected chi connectivity index (χ0v) is 22.1. The first-order chi connectivity index (χ1) is 17.5. The minimum Gasteiger partial charge on any atom is -0.444 e. The van der Waals surface area contributed by atoms with Crippen molar-refractivity contribution in [2.45, 2.75) is 64.1 Å². The van der Waals surface area contributed by atoms with Crippen molar-refractivity contribution in [1.82, 2.24) is 20.5 Å². The fraction of sp³-hybridized carbons (Fsp3) is 0.500. The number of likely N-dealkylation sites (tertiary alicyclic amines) is 1. The number of pyridine rings is 1. The molecule has 2 heterocycles. The summed E-state index contributed by atoms with van der Waals surface area (Å²) in [5, 5.41) is 5.37. The number of hydrogen-bond acceptors (Lipinski definition) is 5. The predicted octanol–water partition coefficient (Wildman–Crippen LogP) is 4.28. The van der Waals surface area contributed by atoms with Gasteiger partial charge in [0.2, 0.25) is 0 Å². The lowest BCUT2D eigenvalue weighted by Crippen LogP contribution is -2.49. The molecule has 3 amide bonds. The van der Waals surface area contributed by atoms with E-state index in [4.69, 9.17) is 4.74 Å². The van der Waals surface area contributed by atoms with Crippen molar-refractivity contribution in [3.05, 3.63) is 65.0 Å². The Balaban J connectivity index is 1.58. The van der Waals surface area contributed by atoms with Gasteiger partial charge in [-0.25, -0.2) is 14.2 Å². The van der Waals surface area contributed by atoms with Gasteiger partial charge in [0.25, 0.3) is 11.8 Å². The monoisotopic (exact) mass is 512 g/mol. The molecule has 0 saturated carbocycles. The third-order valence-corrected chi connectivity index (χ3v) is 6.09. The van der Waals surface area contributed by atoms with Crippen molar-refractivity contribution in [1.29, 1.82) is 0 Å². The molecule has 1 aliphatic heterocycles. The van der Waals surface area contributed by atoms with E-state index in [0.29, 0.717) is 43.5 Å². The lowest BCUT2D eigenvalue weighted by molar-refractivity contribution is -0.00798. The van der Waals surface area contributed by atoms with Gasteiger partial charge in [-0.1, -0.05) is 30.3 Å². The van der Waals surface area contributed by atoms with E-state index in [1.165, 1.54) is 18.0 Å². The third-order valence-electron chi connectivity index (χ3n) is 6.09. The molecule has 8 nitrogen and oxygen atoms in total. The number of rotatable bonds is 8. The van der Waals surface area contributed by atoms with Crippen LogP contribution in [0.3, 0.4) is 0 Å². The highest BCUT2D eigenvalue weighted by molar-refractivity contribution is 5.98. The molecule has 1 aromatic carbocycles. The van der Waals surface area contributed by atoms with Gasteiger partial charge in [0.15, 0.2) is 0 Å². The number of amides is 3. The standard InChI is InChI=1S/C28H37FN4O4/c1-27(2,3)37-26(36)33-15-9-13-28(29,19-33)12-8-14-31-24(34)21-17-22(16-20-10-6-5-7-11-20)32-23(18-21)25(35)30-4/h5-7,10-11,17-18H,8-9,12-16,19H2,1-4H3,(H,30,35)(H,31,34). The summed E-state index contributed by atoms with van der Waals surface area (Å²) in [4.78, 5) is 43.3. The number of hydrogen-bond donors (Lipinski definition) is 2. The van der Waals surface area contributed by atoms with E-state index in [0.717, 1.165) is 5.56 Å². The molecule has 37 heavy (non-hydrogen) atoms. The largest absolute Gasteiger partial charge is 0.444 e. The van der Waals surface area contributed by atoms with Crippen LogP contribution in [0, 0.1) is 0 Å².